The summed E-state index contributed by atoms with van der Waals surface area (Å²) in [6, 6.07) is 6.60. The number of aliphatic hydroxyl groups is 1. The van der Waals surface area contributed by atoms with Crippen molar-refractivity contribution < 1.29 is 14.7 Å². The molecule has 1 aromatic carbocycles. The second-order valence-electron chi connectivity index (χ2n) is 4.69. The van der Waals surface area contributed by atoms with E-state index in [1.54, 1.807) is 24.3 Å². The Hall–Kier alpha value is -1.40. The fourth-order valence-electron chi connectivity index (χ4n) is 1.49. The SMILES string of the molecule is CC(C)C(Br)C(=O)Nc1ccc(C(=O)NCCO)cc1. The lowest BCUT2D eigenvalue weighted by Gasteiger charge is -2.14. The van der Waals surface area contributed by atoms with Crippen molar-refractivity contribution in [3.63, 3.8) is 0 Å². The van der Waals surface area contributed by atoms with Crippen LogP contribution in [0.2, 0.25) is 0 Å². The minimum atomic E-state index is -0.255. The first-order chi connectivity index (χ1) is 9.45. The summed E-state index contributed by atoms with van der Waals surface area (Å²) in [6.45, 7) is 4.03. The van der Waals surface area contributed by atoms with Crippen LogP contribution in [-0.2, 0) is 4.79 Å². The van der Waals surface area contributed by atoms with Gasteiger partial charge in [0.1, 0.15) is 0 Å². The molecule has 0 saturated carbocycles. The number of alkyl halides is 1. The maximum Gasteiger partial charge on any atom is 0.251 e. The molecule has 0 heterocycles. The van der Waals surface area contributed by atoms with E-state index < -0.39 is 0 Å². The Bertz CT molecular complexity index is 460. The van der Waals surface area contributed by atoms with Crippen molar-refractivity contribution >= 4 is 33.4 Å². The molecule has 1 aromatic rings. The van der Waals surface area contributed by atoms with Gasteiger partial charge in [-0.1, -0.05) is 29.8 Å². The van der Waals surface area contributed by atoms with E-state index in [0.717, 1.165) is 0 Å². The Kier molecular flexibility index (Phi) is 6.67. The average Bonchev–Trinajstić information content (AvgIpc) is 2.44. The number of hydrogen-bond acceptors (Lipinski definition) is 3. The van der Waals surface area contributed by atoms with Gasteiger partial charge in [-0.25, -0.2) is 0 Å². The van der Waals surface area contributed by atoms with E-state index >= 15 is 0 Å². The van der Waals surface area contributed by atoms with Crippen LogP contribution in [0, 0.1) is 5.92 Å². The predicted octanol–water partition coefficient (Wildman–Crippen LogP) is 1.77. The zero-order valence-electron chi connectivity index (χ0n) is 11.5. The normalized spacial score (nSPS) is 12.1. The molecule has 0 aromatic heterocycles. The molecule has 0 aliphatic carbocycles. The summed E-state index contributed by atoms with van der Waals surface area (Å²) < 4.78 is 0. The fourth-order valence-corrected chi connectivity index (χ4v) is 1.60. The zero-order valence-corrected chi connectivity index (χ0v) is 13.1. The third-order valence-electron chi connectivity index (χ3n) is 2.65. The standard InChI is InChI=1S/C14H19BrN2O3/c1-9(2)12(15)14(20)17-11-5-3-10(4-6-11)13(19)16-7-8-18/h3-6,9,12,18H,7-8H2,1-2H3,(H,16,19)(H,17,20). The number of rotatable bonds is 6. The van der Waals surface area contributed by atoms with Crippen molar-refractivity contribution in [3.05, 3.63) is 29.8 Å². The zero-order chi connectivity index (χ0) is 15.1. The highest BCUT2D eigenvalue weighted by atomic mass is 79.9. The Morgan fingerprint density at radius 3 is 2.35 bits per heavy atom. The monoisotopic (exact) mass is 342 g/mol. The molecular weight excluding hydrogens is 324 g/mol. The number of carbonyl (C=O) groups excluding carboxylic acids is 2. The van der Waals surface area contributed by atoms with Gasteiger partial charge in [-0.2, -0.15) is 0 Å². The maximum atomic E-state index is 11.8. The van der Waals surface area contributed by atoms with Crippen LogP contribution >= 0.6 is 15.9 Å². The van der Waals surface area contributed by atoms with E-state index in [9.17, 15) is 9.59 Å². The molecule has 1 rings (SSSR count). The van der Waals surface area contributed by atoms with Crippen LogP contribution in [0.15, 0.2) is 24.3 Å². The summed E-state index contributed by atoms with van der Waals surface area (Å²) in [5.74, 6) is -0.173. The number of benzene rings is 1. The molecule has 0 bridgehead atoms. The highest BCUT2D eigenvalue weighted by Crippen LogP contribution is 2.16. The summed E-state index contributed by atoms with van der Waals surface area (Å²) in [4.78, 5) is 23.2. The fraction of sp³-hybridized carbons (Fsp3) is 0.429. The Labute approximate surface area is 126 Å². The lowest BCUT2D eigenvalue weighted by Crippen LogP contribution is -2.27. The van der Waals surface area contributed by atoms with Crippen LogP contribution < -0.4 is 10.6 Å². The highest BCUT2D eigenvalue weighted by molar-refractivity contribution is 9.10. The van der Waals surface area contributed by atoms with Crippen molar-refractivity contribution in [2.75, 3.05) is 18.5 Å². The molecule has 5 nitrogen and oxygen atoms in total. The summed E-state index contributed by atoms with van der Waals surface area (Å²) in [5, 5.41) is 14.0. The molecule has 110 valence electrons. The van der Waals surface area contributed by atoms with Gasteiger partial charge in [0, 0.05) is 17.8 Å². The second kappa shape index (κ2) is 8.01. The van der Waals surface area contributed by atoms with E-state index in [1.807, 2.05) is 13.8 Å². The Balaban J connectivity index is 2.63. The molecule has 20 heavy (non-hydrogen) atoms. The molecule has 0 aliphatic heterocycles. The molecule has 0 radical (unpaired) electrons. The number of amides is 2. The molecule has 0 saturated heterocycles. The quantitative estimate of drug-likeness (QED) is 0.689. The number of carbonyl (C=O) groups is 2. The summed E-state index contributed by atoms with van der Waals surface area (Å²) in [6.07, 6.45) is 0. The van der Waals surface area contributed by atoms with Crippen LogP contribution in [0.1, 0.15) is 24.2 Å². The first-order valence-electron chi connectivity index (χ1n) is 6.39. The minimum absolute atomic E-state index is 0.0955. The van der Waals surface area contributed by atoms with Crippen molar-refractivity contribution in [3.8, 4) is 0 Å². The average molecular weight is 343 g/mol. The molecule has 1 atom stereocenters. The van der Waals surface area contributed by atoms with E-state index in [2.05, 4.69) is 26.6 Å². The predicted molar refractivity (Wildman–Crippen MR) is 82.0 cm³/mol. The van der Waals surface area contributed by atoms with Gasteiger partial charge < -0.3 is 15.7 Å². The summed E-state index contributed by atoms with van der Waals surface area (Å²) >= 11 is 3.33. The highest BCUT2D eigenvalue weighted by Gasteiger charge is 2.18. The maximum absolute atomic E-state index is 11.8. The van der Waals surface area contributed by atoms with Crippen LogP contribution in [0.4, 0.5) is 5.69 Å². The summed E-state index contributed by atoms with van der Waals surface area (Å²) in [5.41, 5.74) is 1.12. The number of hydrogen-bond donors (Lipinski definition) is 3. The van der Waals surface area contributed by atoms with Gasteiger partial charge in [0.05, 0.1) is 11.4 Å². The number of aliphatic hydroxyl groups excluding tert-OH is 1. The molecule has 2 amide bonds. The topological polar surface area (TPSA) is 78.4 Å². The molecule has 1 unspecified atom stereocenters. The van der Waals surface area contributed by atoms with Gasteiger partial charge in [-0.05, 0) is 30.2 Å². The Morgan fingerprint density at radius 2 is 1.85 bits per heavy atom. The largest absolute Gasteiger partial charge is 0.395 e. The Morgan fingerprint density at radius 1 is 1.25 bits per heavy atom. The van der Waals surface area contributed by atoms with E-state index in [-0.39, 0.29) is 35.7 Å². The van der Waals surface area contributed by atoms with Crippen molar-refractivity contribution in [1.82, 2.24) is 5.32 Å². The number of nitrogens with one attached hydrogen (secondary N) is 2. The third-order valence-corrected chi connectivity index (χ3v) is 4.12. The first-order valence-corrected chi connectivity index (χ1v) is 7.31. The van der Waals surface area contributed by atoms with Crippen LogP contribution in [0.5, 0.6) is 0 Å². The van der Waals surface area contributed by atoms with Crippen LogP contribution in [-0.4, -0.2) is 34.9 Å². The summed E-state index contributed by atoms with van der Waals surface area (Å²) in [7, 11) is 0. The molecular formula is C14H19BrN2O3. The first kappa shape index (κ1) is 16.7. The second-order valence-corrected chi connectivity index (χ2v) is 5.68. The molecule has 6 heteroatoms. The van der Waals surface area contributed by atoms with Gasteiger partial charge in [-0.3, -0.25) is 9.59 Å². The van der Waals surface area contributed by atoms with E-state index in [4.69, 9.17) is 5.11 Å². The third kappa shape index (κ3) is 4.94. The van der Waals surface area contributed by atoms with Crippen molar-refractivity contribution in [1.29, 1.82) is 0 Å². The number of anilines is 1. The van der Waals surface area contributed by atoms with Crippen molar-refractivity contribution in [2.24, 2.45) is 5.92 Å². The van der Waals surface area contributed by atoms with Gasteiger partial charge >= 0.3 is 0 Å². The van der Waals surface area contributed by atoms with Crippen LogP contribution in [0.25, 0.3) is 0 Å². The molecule has 3 N–H and O–H groups in total. The number of halogens is 1. The van der Waals surface area contributed by atoms with Gasteiger partial charge in [0.2, 0.25) is 5.91 Å². The van der Waals surface area contributed by atoms with Gasteiger partial charge in [-0.15, -0.1) is 0 Å². The molecule has 0 fully saturated rings. The molecule has 0 aliphatic rings. The van der Waals surface area contributed by atoms with Crippen LogP contribution in [0.3, 0.4) is 0 Å². The lowest BCUT2D eigenvalue weighted by atomic mass is 10.1. The van der Waals surface area contributed by atoms with Gasteiger partial charge in [0.15, 0.2) is 0 Å². The van der Waals surface area contributed by atoms with Crippen molar-refractivity contribution in [2.45, 2.75) is 18.7 Å². The van der Waals surface area contributed by atoms with Gasteiger partial charge in [0.25, 0.3) is 5.91 Å². The van der Waals surface area contributed by atoms with E-state index in [1.165, 1.54) is 0 Å². The molecule has 0 spiro atoms. The lowest BCUT2D eigenvalue weighted by molar-refractivity contribution is -0.116. The van der Waals surface area contributed by atoms with E-state index in [0.29, 0.717) is 11.3 Å². The smallest absolute Gasteiger partial charge is 0.251 e. The minimum Gasteiger partial charge on any atom is -0.395 e.